The highest BCUT2D eigenvalue weighted by molar-refractivity contribution is 6.39. The fourth-order valence-corrected chi connectivity index (χ4v) is 2.58. The van der Waals surface area contributed by atoms with E-state index >= 15 is 0 Å². The summed E-state index contributed by atoms with van der Waals surface area (Å²) in [5.41, 5.74) is 5.83. The second-order valence-corrected chi connectivity index (χ2v) is 5.83. The van der Waals surface area contributed by atoms with Gasteiger partial charge < -0.3 is 26.0 Å². The van der Waals surface area contributed by atoms with Gasteiger partial charge in [0, 0.05) is 30.4 Å². The summed E-state index contributed by atoms with van der Waals surface area (Å²) < 4.78 is 4.93. The van der Waals surface area contributed by atoms with Gasteiger partial charge in [-0.1, -0.05) is 0 Å². The number of benzene rings is 1. The van der Waals surface area contributed by atoms with Crippen LogP contribution >= 0.6 is 0 Å². The zero-order valence-corrected chi connectivity index (χ0v) is 14.5. The fraction of sp³-hybridized carbons (Fsp3) is 0.412. The van der Waals surface area contributed by atoms with Crippen molar-refractivity contribution < 1.29 is 23.9 Å². The standard InChI is InChI=1S/C17H22N4O5/c1-2-26-17(25)21-9-7-13(8-10-21)20-16(24)15(23)19-12-5-3-11(4-6-12)14(18)22/h3-6,13H,2,7-10H2,1H3,(H2,18,22)(H,19,23)(H,20,24). The van der Waals surface area contributed by atoms with Crippen LogP contribution in [0.2, 0.25) is 0 Å². The third kappa shape index (κ3) is 5.20. The summed E-state index contributed by atoms with van der Waals surface area (Å²) in [4.78, 5) is 48.2. The molecule has 0 radical (unpaired) electrons. The van der Waals surface area contributed by atoms with Crippen molar-refractivity contribution in [1.82, 2.24) is 10.2 Å². The number of primary amides is 1. The number of piperidine rings is 1. The zero-order valence-electron chi connectivity index (χ0n) is 14.5. The second-order valence-electron chi connectivity index (χ2n) is 5.83. The molecule has 1 aliphatic heterocycles. The van der Waals surface area contributed by atoms with E-state index in [0.717, 1.165) is 0 Å². The molecule has 0 bridgehead atoms. The van der Waals surface area contributed by atoms with E-state index in [0.29, 0.717) is 43.8 Å². The van der Waals surface area contributed by atoms with Crippen molar-refractivity contribution in [2.75, 3.05) is 25.0 Å². The van der Waals surface area contributed by atoms with Crippen LogP contribution in [0.3, 0.4) is 0 Å². The number of carbonyl (C=O) groups excluding carboxylic acids is 4. The van der Waals surface area contributed by atoms with Crippen LogP contribution in [-0.2, 0) is 14.3 Å². The molecule has 4 N–H and O–H groups in total. The second kappa shape index (κ2) is 8.84. The third-order valence-electron chi connectivity index (χ3n) is 3.99. The normalized spacial score (nSPS) is 14.4. The van der Waals surface area contributed by atoms with Crippen molar-refractivity contribution >= 4 is 29.5 Å². The van der Waals surface area contributed by atoms with E-state index in [-0.39, 0.29) is 12.1 Å². The first-order valence-electron chi connectivity index (χ1n) is 8.34. The summed E-state index contributed by atoms with van der Waals surface area (Å²) in [5.74, 6) is -2.13. The molecule has 9 nitrogen and oxygen atoms in total. The van der Waals surface area contributed by atoms with Gasteiger partial charge in [-0.05, 0) is 44.0 Å². The number of nitrogens with two attached hydrogens (primary N) is 1. The molecule has 140 valence electrons. The number of nitrogens with one attached hydrogen (secondary N) is 2. The van der Waals surface area contributed by atoms with Crippen LogP contribution in [0.25, 0.3) is 0 Å². The predicted molar refractivity (Wildman–Crippen MR) is 93.3 cm³/mol. The Morgan fingerprint density at radius 2 is 1.73 bits per heavy atom. The maximum atomic E-state index is 12.0. The van der Waals surface area contributed by atoms with Gasteiger partial charge in [0.15, 0.2) is 0 Å². The molecule has 0 atom stereocenters. The summed E-state index contributed by atoms with van der Waals surface area (Å²) >= 11 is 0. The van der Waals surface area contributed by atoms with Gasteiger partial charge in [0.2, 0.25) is 5.91 Å². The first-order chi connectivity index (χ1) is 12.4. The summed E-state index contributed by atoms with van der Waals surface area (Å²) in [7, 11) is 0. The molecule has 1 saturated heterocycles. The van der Waals surface area contributed by atoms with Crippen molar-refractivity contribution in [1.29, 1.82) is 0 Å². The minimum atomic E-state index is -0.801. The highest BCUT2D eigenvalue weighted by Gasteiger charge is 2.26. The lowest BCUT2D eigenvalue weighted by Crippen LogP contribution is -2.49. The number of nitrogens with zero attached hydrogens (tertiary/aromatic N) is 1. The molecule has 9 heteroatoms. The zero-order chi connectivity index (χ0) is 19.1. The molecule has 0 aromatic heterocycles. The van der Waals surface area contributed by atoms with E-state index in [1.165, 1.54) is 24.3 Å². The Bertz CT molecular complexity index is 681. The van der Waals surface area contributed by atoms with Crippen molar-refractivity contribution in [2.45, 2.75) is 25.8 Å². The predicted octanol–water partition coefficient (Wildman–Crippen LogP) is 0.461. The minimum absolute atomic E-state index is 0.184. The number of hydrogen-bond acceptors (Lipinski definition) is 5. The van der Waals surface area contributed by atoms with E-state index in [4.69, 9.17) is 10.5 Å². The molecule has 1 aliphatic rings. The Balaban J connectivity index is 1.80. The molecule has 0 saturated carbocycles. The third-order valence-corrected chi connectivity index (χ3v) is 3.99. The number of ether oxygens (including phenoxy) is 1. The molecule has 1 aromatic carbocycles. The van der Waals surface area contributed by atoms with Gasteiger partial charge in [-0.15, -0.1) is 0 Å². The van der Waals surface area contributed by atoms with E-state index in [1.807, 2.05) is 0 Å². The Morgan fingerprint density at radius 1 is 1.12 bits per heavy atom. The Kier molecular flexibility index (Phi) is 6.54. The van der Waals surface area contributed by atoms with Crippen LogP contribution in [0, 0.1) is 0 Å². The average molecular weight is 362 g/mol. The molecular weight excluding hydrogens is 340 g/mol. The molecule has 2 rings (SSSR count). The molecular formula is C17H22N4O5. The van der Waals surface area contributed by atoms with Gasteiger partial charge in [-0.25, -0.2) is 4.79 Å². The lowest BCUT2D eigenvalue weighted by Gasteiger charge is -2.31. The van der Waals surface area contributed by atoms with E-state index in [1.54, 1.807) is 11.8 Å². The number of likely N-dealkylation sites (tertiary alicyclic amines) is 1. The van der Waals surface area contributed by atoms with Gasteiger partial charge in [0.25, 0.3) is 0 Å². The highest BCUT2D eigenvalue weighted by atomic mass is 16.6. The molecule has 0 unspecified atom stereocenters. The van der Waals surface area contributed by atoms with Crippen LogP contribution in [0.1, 0.15) is 30.1 Å². The first-order valence-corrected chi connectivity index (χ1v) is 8.34. The monoisotopic (exact) mass is 362 g/mol. The van der Waals surface area contributed by atoms with Gasteiger partial charge in [0.05, 0.1) is 6.61 Å². The SMILES string of the molecule is CCOC(=O)N1CCC(NC(=O)C(=O)Nc2ccc(C(N)=O)cc2)CC1. The van der Waals surface area contributed by atoms with Crippen molar-refractivity contribution in [3.63, 3.8) is 0 Å². The molecule has 1 fully saturated rings. The minimum Gasteiger partial charge on any atom is -0.450 e. The van der Waals surface area contributed by atoms with Crippen LogP contribution in [-0.4, -0.2) is 54.5 Å². The van der Waals surface area contributed by atoms with Crippen molar-refractivity contribution in [3.8, 4) is 0 Å². The molecule has 0 spiro atoms. The number of carbonyl (C=O) groups is 4. The largest absolute Gasteiger partial charge is 0.450 e. The van der Waals surface area contributed by atoms with Crippen molar-refractivity contribution in [2.24, 2.45) is 5.73 Å². The quantitative estimate of drug-likeness (QED) is 0.670. The van der Waals surface area contributed by atoms with Crippen LogP contribution in [0.5, 0.6) is 0 Å². The fourth-order valence-electron chi connectivity index (χ4n) is 2.58. The van der Waals surface area contributed by atoms with Gasteiger partial charge >= 0.3 is 17.9 Å². The van der Waals surface area contributed by atoms with Gasteiger partial charge in [-0.3, -0.25) is 14.4 Å². The summed E-state index contributed by atoms with van der Waals surface area (Å²) in [6.45, 7) is 2.97. The molecule has 4 amide bonds. The van der Waals surface area contributed by atoms with Crippen LogP contribution < -0.4 is 16.4 Å². The maximum Gasteiger partial charge on any atom is 0.409 e. The topological polar surface area (TPSA) is 131 Å². The lowest BCUT2D eigenvalue weighted by molar-refractivity contribution is -0.136. The van der Waals surface area contributed by atoms with E-state index in [9.17, 15) is 19.2 Å². The van der Waals surface area contributed by atoms with Gasteiger partial charge in [-0.2, -0.15) is 0 Å². The van der Waals surface area contributed by atoms with Crippen LogP contribution in [0.4, 0.5) is 10.5 Å². The molecule has 1 heterocycles. The number of anilines is 1. The summed E-state index contributed by atoms with van der Waals surface area (Å²) in [5, 5.41) is 5.11. The van der Waals surface area contributed by atoms with E-state index in [2.05, 4.69) is 10.6 Å². The lowest BCUT2D eigenvalue weighted by atomic mass is 10.1. The molecule has 1 aromatic rings. The number of hydrogen-bond donors (Lipinski definition) is 3. The summed E-state index contributed by atoms with van der Waals surface area (Å²) in [6, 6.07) is 5.71. The summed E-state index contributed by atoms with van der Waals surface area (Å²) in [6.07, 6.45) is 0.727. The van der Waals surface area contributed by atoms with Gasteiger partial charge in [0.1, 0.15) is 0 Å². The Morgan fingerprint density at radius 3 is 2.27 bits per heavy atom. The highest BCUT2D eigenvalue weighted by Crippen LogP contribution is 2.12. The number of rotatable bonds is 4. The average Bonchev–Trinajstić information content (AvgIpc) is 2.63. The molecule has 26 heavy (non-hydrogen) atoms. The molecule has 0 aliphatic carbocycles. The van der Waals surface area contributed by atoms with Crippen molar-refractivity contribution in [3.05, 3.63) is 29.8 Å². The first kappa shape index (κ1) is 19.2. The maximum absolute atomic E-state index is 12.0. The Hall–Kier alpha value is -3.10. The van der Waals surface area contributed by atoms with Crippen LogP contribution in [0.15, 0.2) is 24.3 Å². The smallest absolute Gasteiger partial charge is 0.409 e. The number of amides is 4. The van der Waals surface area contributed by atoms with E-state index < -0.39 is 17.7 Å². The Labute approximate surface area is 150 Å².